The molecule has 1 amide bonds. The topological polar surface area (TPSA) is 58.2 Å². The van der Waals surface area contributed by atoms with E-state index in [-0.39, 0.29) is 18.2 Å². The maximum absolute atomic E-state index is 13.6. The number of ketones is 1. The first-order valence-electron chi connectivity index (χ1n) is 12.9. The van der Waals surface area contributed by atoms with Crippen molar-refractivity contribution in [1.82, 2.24) is 0 Å². The number of fused-ring (bicyclic) bond motifs is 4. The van der Waals surface area contributed by atoms with Crippen LogP contribution in [0.5, 0.6) is 0 Å². The summed E-state index contributed by atoms with van der Waals surface area (Å²) in [7, 11) is 0. The zero-order valence-corrected chi connectivity index (χ0v) is 21.6. The smallest absolute Gasteiger partial charge is 0.243 e. The van der Waals surface area contributed by atoms with Crippen LogP contribution in [0.3, 0.4) is 0 Å². The van der Waals surface area contributed by atoms with Crippen molar-refractivity contribution in [2.75, 3.05) is 17.2 Å². The predicted molar refractivity (Wildman–Crippen MR) is 154 cm³/mol. The average molecular weight is 519 g/mol. The Balaban J connectivity index is 1.24. The number of hydrogen-bond donors (Lipinski definition) is 2. The molecule has 0 aliphatic heterocycles. The minimum Gasteiger partial charge on any atom is -0.375 e. The summed E-state index contributed by atoms with van der Waals surface area (Å²) in [5, 5.41) is 11.4. The second-order valence-corrected chi connectivity index (χ2v) is 10.1. The Morgan fingerprint density at radius 1 is 0.763 bits per heavy atom. The molecule has 0 bridgehead atoms. The van der Waals surface area contributed by atoms with Crippen LogP contribution < -0.4 is 21.1 Å². The van der Waals surface area contributed by atoms with Gasteiger partial charge in [0, 0.05) is 16.8 Å². The Hall–Kier alpha value is -4.15. The summed E-state index contributed by atoms with van der Waals surface area (Å²) in [6, 6.07) is 27.3. The van der Waals surface area contributed by atoms with E-state index in [9.17, 15) is 9.59 Å². The molecule has 0 fully saturated rings. The van der Waals surface area contributed by atoms with Crippen LogP contribution in [0.25, 0.3) is 11.6 Å². The normalized spacial score (nSPS) is 13.4. The molecule has 188 valence electrons. The van der Waals surface area contributed by atoms with E-state index in [0.717, 1.165) is 36.5 Å². The highest BCUT2D eigenvalue weighted by Crippen LogP contribution is 2.24. The van der Waals surface area contributed by atoms with Crippen molar-refractivity contribution in [3.63, 3.8) is 0 Å². The van der Waals surface area contributed by atoms with Crippen LogP contribution >= 0.6 is 11.6 Å². The number of amides is 1. The van der Waals surface area contributed by atoms with E-state index in [4.69, 9.17) is 11.6 Å². The standard InChI is InChI=1S/C33H27ClN2O2/c34-30-10-3-4-11-31(30)35-20-32(37)36-23-15-12-22(13-16-23)33(38)29-9-5-8-25-27-17-14-21-6-1-2-7-24(21)26(27)18-19-28(25)29/h1-4,6-7,10-16,18-19,35H,5,8-9,17,20H2,(H,36,37). The lowest BCUT2D eigenvalue weighted by atomic mass is 9.84. The first kappa shape index (κ1) is 24.2. The van der Waals surface area contributed by atoms with Gasteiger partial charge in [0.1, 0.15) is 0 Å². The van der Waals surface area contributed by atoms with Gasteiger partial charge in [-0.1, -0.05) is 66.2 Å². The summed E-state index contributed by atoms with van der Waals surface area (Å²) in [5.41, 5.74) is 5.54. The highest BCUT2D eigenvalue weighted by Gasteiger charge is 2.21. The molecule has 0 saturated heterocycles. The van der Waals surface area contributed by atoms with Crippen LogP contribution in [0.4, 0.5) is 11.4 Å². The molecule has 0 unspecified atom stereocenters. The van der Waals surface area contributed by atoms with Gasteiger partial charge in [-0.2, -0.15) is 0 Å². The van der Waals surface area contributed by atoms with Gasteiger partial charge >= 0.3 is 0 Å². The summed E-state index contributed by atoms with van der Waals surface area (Å²) >= 11 is 6.14. The van der Waals surface area contributed by atoms with Gasteiger partial charge in [0.15, 0.2) is 5.78 Å². The molecule has 0 radical (unpaired) electrons. The Bertz CT molecular complexity index is 1790. The van der Waals surface area contributed by atoms with Crippen LogP contribution in [-0.2, 0) is 17.6 Å². The highest BCUT2D eigenvalue weighted by atomic mass is 35.5. The summed E-state index contributed by atoms with van der Waals surface area (Å²) in [6.45, 7) is 0.0886. The molecule has 4 aromatic carbocycles. The second kappa shape index (κ2) is 10.3. The van der Waals surface area contributed by atoms with Crippen molar-refractivity contribution in [1.29, 1.82) is 0 Å². The fourth-order valence-corrected chi connectivity index (χ4v) is 5.76. The van der Waals surface area contributed by atoms with Crippen molar-refractivity contribution < 1.29 is 9.59 Å². The predicted octanol–water partition coefficient (Wildman–Crippen LogP) is 5.38. The summed E-state index contributed by atoms with van der Waals surface area (Å²) in [4.78, 5) is 26.0. The fraction of sp³-hybridized carbons (Fsp3) is 0.152. The van der Waals surface area contributed by atoms with Crippen LogP contribution in [-0.4, -0.2) is 18.2 Å². The van der Waals surface area contributed by atoms with Gasteiger partial charge < -0.3 is 10.6 Å². The molecule has 2 aliphatic rings. The van der Waals surface area contributed by atoms with E-state index in [1.807, 2.05) is 18.2 Å². The van der Waals surface area contributed by atoms with E-state index in [1.54, 1.807) is 30.3 Å². The third-order valence-electron chi connectivity index (χ3n) is 7.41. The fourth-order valence-electron chi connectivity index (χ4n) is 5.56. The Kier molecular flexibility index (Phi) is 6.57. The Morgan fingerprint density at radius 2 is 1.53 bits per heavy atom. The zero-order chi connectivity index (χ0) is 26.1. The summed E-state index contributed by atoms with van der Waals surface area (Å²) in [5.74, 6) is -0.132. The van der Waals surface area contributed by atoms with Crippen LogP contribution in [0.1, 0.15) is 34.3 Å². The number of Topliss-reactive ketones (excluding diaryl/α,β-unsaturated/α-hetero) is 1. The van der Waals surface area contributed by atoms with Crippen molar-refractivity contribution in [3.8, 4) is 0 Å². The maximum Gasteiger partial charge on any atom is 0.243 e. The van der Waals surface area contributed by atoms with Crippen LogP contribution in [0, 0.1) is 10.4 Å². The SMILES string of the molecule is O=C(CNc1ccccc1Cl)Nc1ccc(C(=O)C2=c3ccc4c(c3CCC2)CC=c2ccccc2=4)cc1. The zero-order valence-electron chi connectivity index (χ0n) is 20.9. The Morgan fingerprint density at radius 3 is 2.37 bits per heavy atom. The number of carbonyl (C=O) groups is 2. The molecule has 0 atom stereocenters. The first-order valence-corrected chi connectivity index (χ1v) is 13.3. The second-order valence-electron chi connectivity index (χ2n) is 9.73. The van der Waals surface area contributed by atoms with Gasteiger partial charge in [-0.25, -0.2) is 0 Å². The minimum absolute atomic E-state index is 0.0596. The first-order chi connectivity index (χ1) is 18.6. The maximum atomic E-state index is 13.6. The molecule has 0 spiro atoms. The number of carbonyl (C=O) groups excluding carboxylic acids is 2. The van der Waals surface area contributed by atoms with Gasteiger partial charge in [0.05, 0.1) is 17.3 Å². The third kappa shape index (κ3) is 4.64. The third-order valence-corrected chi connectivity index (χ3v) is 7.73. The van der Waals surface area contributed by atoms with Gasteiger partial charge in [-0.3, -0.25) is 9.59 Å². The number of nitrogens with one attached hydrogen (secondary N) is 2. The number of para-hydroxylation sites is 1. The van der Waals surface area contributed by atoms with Gasteiger partial charge in [0.25, 0.3) is 0 Å². The van der Waals surface area contributed by atoms with Crippen molar-refractivity contribution in [2.45, 2.75) is 25.7 Å². The highest BCUT2D eigenvalue weighted by molar-refractivity contribution is 6.33. The molecule has 4 aromatic rings. The molecule has 38 heavy (non-hydrogen) atoms. The van der Waals surface area contributed by atoms with Crippen LogP contribution in [0.15, 0.2) is 84.9 Å². The summed E-state index contributed by atoms with van der Waals surface area (Å²) < 4.78 is 0. The Labute approximate surface area is 226 Å². The van der Waals surface area contributed by atoms with E-state index in [2.05, 4.69) is 53.1 Å². The molecular formula is C33H27ClN2O2. The van der Waals surface area contributed by atoms with E-state index < -0.39 is 0 Å². The summed E-state index contributed by atoms with van der Waals surface area (Å²) in [6.07, 6.45) is 5.94. The number of hydrogen-bond acceptors (Lipinski definition) is 3. The van der Waals surface area contributed by atoms with Gasteiger partial charge in [-0.05, 0) is 94.1 Å². The molecule has 5 heteroatoms. The van der Waals surface area contributed by atoms with Crippen molar-refractivity contribution in [2.24, 2.45) is 0 Å². The van der Waals surface area contributed by atoms with E-state index in [1.165, 1.54) is 26.8 Å². The molecule has 0 saturated carbocycles. The molecule has 4 nitrogen and oxygen atoms in total. The lowest BCUT2D eigenvalue weighted by molar-refractivity contribution is -0.114. The number of anilines is 2. The lowest BCUT2D eigenvalue weighted by Crippen LogP contribution is -2.25. The van der Waals surface area contributed by atoms with E-state index >= 15 is 0 Å². The van der Waals surface area contributed by atoms with Crippen molar-refractivity contribution >= 4 is 46.3 Å². The number of rotatable bonds is 6. The number of benzene rings is 4. The molecular weight excluding hydrogens is 492 g/mol. The molecule has 0 aromatic heterocycles. The molecule has 6 rings (SSSR count). The molecule has 2 aliphatic carbocycles. The lowest BCUT2D eigenvalue weighted by Gasteiger charge is -2.20. The van der Waals surface area contributed by atoms with Crippen LogP contribution in [0.2, 0.25) is 5.02 Å². The molecule has 0 heterocycles. The quantitative estimate of drug-likeness (QED) is 0.337. The van der Waals surface area contributed by atoms with E-state index in [0.29, 0.717) is 22.0 Å². The average Bonchev–Trinajstić information content (AvgIpc) is 2.96. The minimum atomic E-state index is -0.192. The largest absolute Gasteiger partial charge is 0.375 e. The van der Waals surface area contributed by atoms with Crippen molar-refractivity contribution in [3.05, 3.63) is 128 Å². The van der Waals surface area contributed by atoms with Gasteiger partial charge in [-0.15, -0.1) is 0 Å². The van der Waals surface area contributed by atoms with Gasteiger partial charge in [0.2, 0.25) is 5.91 Å². The molecule has 2 N–H and O–H groups in total. The number of halogens is 1. The monoisotopic (exact) mass is 518 g/mol.